The van der Waals surface area contributed by atoms with Crippen LogP contribution >= 0.6 is 11.3 Å². The SMILES string of the molecule is CC(CC(=O)O)(NC(=O)OCc1ccccc1)c1nccs1. The van der Waals surface area contributed by atoms with Crippen molar-refractivity contribution in [3.63, 3.8) is 0 Å². The minimum Gasteiger partial charge on any atom is -0.481 e. The molecular formula is C15H16N2O4S. The first kappa shape index (κ1) is 16.0. The highest BCUT2D eigenvalue weighted by molar-refractivity contribution is 7.09. The van der Waals surface area contributed by atoms with Gasteiger partial charge in [-0.3, -0.25) is 4.79 Å². The molecule has 7 heteroatoms. The van der Waals surface area contributed by atoms with Crippen LogP contribution < -0.4 is 5.32 Å². The van der Waals surface area contributed by atoms with Gasteiger partial charge in [-0.1, -0.05) is 30.3 Å². The Hall–Kier alpha value is -2.41. The topological polar surface area (TPSA) is 88.5 Å². The number of hydrogen-bond acceptors (Lipinski definition) is 5. The van der Waals surface area contributed by atoms with E-state index in [2.05, 4.69) is 10.3 Å². The second-order valence-corrected chi connectivity index (χ2v) is 5.82. The van der Waals surface area contributed by atoms with Gasteiger partial charge in [0.05, 0.1) is 6.42 Å². The van der Waals surface area contributed by atoms with Crippen molar-refractivity contribution >= 4 is 23.4 Å². The van der Waals surface area contributed by atoms with Crippen molar-refractivity contribution in [3.8, 4) is 0 Å². The summed E-state index contributed by atoms with van der Waals surface area (Å²) in [5.74, 6) is -1.03. The van der Waals surface area contributed by atoms with Crippen LogP contribution in [0.4, 0.5) is 4.79 Å². The fraction of sp³-hybridized carbons (Fsp3) is 0.267. The number of carbonyl (C=O) groups is 2. The Morgan fingerprint density at radius 3 is 2.68 bits per heavy atom. The van der Waals surface area contributed by atoms with E-state index < -0.39 is 17.6 Å². The Morgan fingerprint density at radius 1 is 1.36 bits per heavy atom. The largest absolute Gasteiger partial charge is 0.481 e. The number of benzene rings is 1. The van der Waals surface area contributed by atoms with Crippen molar-refractivity contribution < 1.29 is 19.4 Å². The van der Waals surface area contributed by atoms with Crippen LogP contribution in [0.15, 0.2) is 41.9 Å². The number of aromatic nitrogens is 1. The van der Waals surface area contributed by atoms with Crippen molar-refractivity contribution in [2.24, 2.45) is 0 Å². The third-order valence-electron chi connectivity index (χ3n) is 3.00. The number of carboxylic acid groups (broad SMARTS) is 1. The van der Waals surface area contributed by atoms with Gasteiger partial charge in [0.2, 0.25) is 0 Å². The first-order chi connectivity index (χ1) is 10.5. The first-order valence-electron chi connectivity index (χ1n) is 6.60. The van der Waals surface area contributed by atoms with Crippen molar-refractivity contribution in [2.75, 3.05) is 0 Å². The number of hydrogen-bond donors (Lipinski definition) is 2. The van der Waals surface area contributed by atoms with Crippen LogP contribution in [-0.4, -0.2) is 22.2 Å². The lowest BCUT2D eigenvalue weighted by Crippen LogP contribution is -2.45. The Bertz CT molecular complexity index is 630. The summed E-state index contributed by atoms with van der Waals surface area (Å²) in [6, 6.07) is 9.24. The average molecular weight is 320 g/mol. The number of carboxylic acids is 1. The molecule has 116 valence electrons. The number of amides is 1. The molecular weight excluding hydrogens is 304 g/mol. The number of alkyl carbamates (subject to hydrolysis) is 1. The number of thiazole rings is 1. The van der Waals surface area contributed by atoms with Gasteiger partial charge in [0.1, 0.15) is 17.2 Å². The predicted octanol–water partition coefficient (Wildman–Crippen LogP) is 2.76. The Balaban J connectivity index is 2.01. The van der Waals surface area contributed by atoms with Crippen LogP contribution in [0.2, 0.25) is 0 Å². The van der Waals surface area contributed by atoms with Gasteiger partial charge < -0.3 is 15.2 Å². The third kappa shape index (κ3) is 4.29. The molecule has 0 saturated heterocycles. The van der Waals surface area contributed by atoms with Gasteiger partial charge in [-0.25, -0.2) is 9.78 Å². The molecule has 1 heterocycles. The molecule has 6 nitrogen and oxygen atoms in total. The summed E-state index contributed by atoms with van der Waals surface area (Å²) < 4.78 is 5.14. The minimum atomic E-state index is -1.10. The molecule has 0 aliphatic heterocycles. The lowest BCUT2D eigenvalue weighted by atomic mass is 9.99. The van der Waals surface area contributed by atoms with E-state index in [9.17, 15) is 9.59 Å². The van der Waals surface area contributed by atoms with E-state index in [4.69, 9.17) is 9.84 Å². The number of carbonyl (C=O) groups excluding carboxylic acids is 1. The molecule has 0 aliphatic carbocycles. The molecule has 2 aromatic rings. The summed E-state index contributed by atoms with van der Waals surface area (Å²) in [6.07, 6.45) is 0.612. The standard InChI is InChI=1S/C15H16N2O4S/c1-15(9-12(18)19,13-16-7-8-22-13)17-14(20)21-10-11-5-3-2-4-6-11/h2-8H,9-10H2,1H3,(H,17,20)(H,18,19). The van der Waals surface area contributed by atoms with Gasteiger partial charge >= 0.3 is 12.1 Å². The van der Waals surface area contributed by atoms with E-state index in [0.29, 0.717) is 5.01 Å². The molecule has 1 amide bonds. The molecule has 0 aliphatic rings. The molecule has 0 bridgehead atoms. The Kier molecular flexibility index (Phi) is 5.11. The molecule has 22 heavy (non-hydrogen) atoms. The van der Waals surface area contributed by atoms with E-state index in [1.165, 1.54) is 11.3 Å². The first-order valence-corrected chi connectivity index (χ1v) is 7.48. The summed E-state index contributed by atoms with van der Waals surface area (Å²) in [7, 11) is 0. The second kappa shape index (κ2) is 7.04. The number of ether oxygens (including phenoxy) is 1. The number of nitrogens with zero attached hydrogens (tertiary/aromatic N) is 1. The minimum absolute atomic E-state index is 0.119. The van der Waals surface area contributed by atoms with Gasteiger partial charge in [0.25, 0.3) is 0 Å². The van der Waals surface area contributed by atoms with Crippen LogP contribution in [0.3, 0.4) is 0 Å². The van der Waals surface area contributed by atoms with E-state index in [-0.39, 0.29) is 13.0 Å². The van der Waals surface area contributed by atoms with Crippen molar-refractivity contribution in [3.05, 3.63) is 52.5 Å². The molecule has 1 aromatic heterocycles. The maximum absolute atomic E-state index is 12.0. The van der Waals surface area contributed by atoms with Crippen LogP contribution in [-0.2, 0) is 21.7 Å². The lowest BCUT2D eigenvalue weighted by Gasteiger charge is -2.26. The van der Waals surface area contributed by atoms with Gasteiger partial charge in [-0.2, -0.15) is 0 Å². The molecule has 1 aromatic carbocycles. The van der Waals surface area contributed by atoms with Crippen molar-refractivity contribution in [2.45, 2.75) is 25.5 Å². The molecule has 2 rings (SSSR count). The molecule has 1 unspecified atom stereocenters. The maximum Gasteiger partial charge on any atom is 0.408 e. The molecule has 0 fully saturated rings. The fourth-order valence-electron chi connectivity index (χ4n) is 1.96. The molecule has 0 saturated carbocycles. The van der Waals surface area contributed by atoms with Crippen LogP contribution in [0.1, 0.15) is 23.9 Å². The average Bonchev–Trinajstić information content (AvgIpc) is 3.00. The summed E-state index contributed by atoms with van der Waals surface area (Å²) >= 11 is 1.28. The number of rotatable bonds is 6. The van der Waals surface area contributed by atoms with Gasteiger partial charge in [-0.15, -0.1) is 11.3 Å². The highest BCUT2D eigenvalue weighted by atomic mass is 32.1. The van der Waals surface area contributed by atoms with E-state index in [1.54, 1.807) is 18.5 Å². The van der Waals surface area contributed by atoms with Crippen LogP contribution in [0, 0.1) is 0 Å². The molecule has 0 spiro atoms. The van der Waals surface area contributed by atoms with Crippen molar-refractivity contribution in [1.82, 2.24) is 10.3 Å². The summed E-state index contributed by atoms with van der Waals surface area (Å²) in [6.45, 7) is 1.73. The van der Waals surface area contributed by atoms with E-state index in [0.717, 1.165) is 5.56 Å². The zero-order chi connectivity index (χ0) is 16.0. The van der Waals surface area contributed by atoms with Crippen molar-refractivity contribution in [1.29, 1.82) is 0 Å². The smallest absolute Gasteiger partial charge is 0.408 e. The number of nitrogens with one attached hydrogen (secondary N) is 1. The van der Waals surface area contributed by atoms with E-state index >= 15 is 0 Å². The maximum atomic E-state index is 12.0. The zero-order valence-electron chi connectivity index (χ0n) is 12.0. The normalized spacial score (nSPS) is 13.1. The summed E-state index contributed by atoms with van der Waals surface area (Å²) in [5.41, 5.74) is -0.250. The zero-order valence-corrected chi connectivity index (χ0v) is 12.8. The lowest BCUT2D eigenvalue weighted by molar-refractivity contribution is -0.138. The van der Waals surface area contributed by atoms with Gasteiger partial charge in [0.15, 0.2) is 0 Å². The highest BCUT2D eigenvalue weighted by Gasteiger charge is 2.34. The third-order valence-corrected chi connectivity index (χ3v) is 4.04. The molecule has 2 N–H and O–H groups in total. The highest BCUT2D eigenvalue weighted by Crippen LogP contribution is 2.26. The van der Waals surface area contributed by atoms with Crippen LogP contribution in [0.25, 0.3) is 0 Å². The van der Waals surface area contributed by atoms with Gasteiger partial charge in [0, 0.05) is 11.6 Å². The molecule has 0 radical (unpaired) electrons. The quantitative estimate of drug-likeness (QED) is 0.854. The van der Waals surface area contributed by atoms with Gasteiger partial charge in [-0.05, 0) is 12.5 Å². The van der Waals surface area contributed by atoms with Crippen LogP contribution in [0.5, 0.6) is 0 Å². The predicted molar refractivity (Wildman–Crippen MR) is 81.5 cm³/mol. The summed E-state index contributed by atoms with van der Waals surface area (Å²) in [4.78, 5) is 27.1. The summed E-state index contributed by atoms with van der Waals surface area (Å²) in [5, 5.41) is 13.9. The number of aliphatic carboxylic acids is 1. The Labute approximate surface area is 131 Å². The fourth-order valence-corrected chi connectivity index (χ4v) is 2.71. The molecule has 1 atom stereocenters. The monoisotopic (exact) mass is 320 g/mol. The second-order valence-electron chi connectivity index (χ2n) is 4.93. The Morgan fingerprint density at radius 2 is 2.09 bits per heavy atom. The van der Waals surface area contributed by atoms with E-state index in [1.807, 2.05) is 30.3 Å².